The summed E-state index contributed by atoms with van der Waals surface area (Å²) in [4.78, 5) is 1.85. The second-order valence-electron chi connectivity index (χ2n) is 6.28. The van der Waals surface area contributed by atoms with E-state index in [1.165, 1.54) is 4.31 Å². The molecule has 0 N–H and O–H groups in total. The van der Waals surface area contributed by atoms with Gasteiger partial charge in [0.1, 0.15) is 16.5 Å². The number of benzene rings is 1. The van der Waals surface area contributed by atoms with Crippen LogP contribution in [-0.2, 0) is 10.0 Å². The molecule has 2 saturated heterocycles. The van der Waals surface area contributed by atoms with E-state index in [0.29, 0.717) is 24.9 Å². The molecule has 2 heterocycles. The van der Waals surface area contributed by atoms with Gasteiger partial charge < -0.3 is 4.90 Å². The summed E-state index contributed by atoms with van der Waals surface area (Å²) in [6.07, 6.45) is 3.02. The first-order valence-electron chi connectivity index (χ1n) is 8.25. The van der Waals surface area contributed by atoms with E-state index in [1.54, 1.807) is 11.8 Å². The molecule has 1 atom stereocenters. The highest BCUT2D eigenvalue weighted by Gasteiger charge is 2.35. The van der Waals surface area contributed by atoms with Crippen LogP contribution in [0.3, 0.4) is 0 Å². The quantitative estimate of drug-likeness (QED) is 0.810. The highest BCUT2D eigenvalue weighted by atomic mass is 32.2. The molecule has 134 valence electrons. The molecule has 2 fully saturated rings. The predicted octanol–water partition coefficient (Wildman–Crippen LogP) is 2.56. The molecule has 3 rings (SSSR count). The molecule has 0 aromatic heterocycles. The van der Waals surface area contributed by atoms with E-state index in [4.69, 9.17) is 0 Å². The van der Waals surface area contributed by atoms with Crippen LogP contribution in [0.1, 0.15) is 19.3 Å². The first kappa shape index (κ1) is 18.1. The van der Waals surface area contributed by atoms with Crippen LogP contribution in [0.5, 0.6) is 0 Å². The zero-order valence-electron chi connectivity index (χ0n) is 13.5. The molecular formula is C16H22F2N2O2S2. The summed E-state index contributed by atoms with van der Waals surface area (Å²) in [7, 11) is -3.97. The maximum absolute atomic E-state index is 14.1. The number of nitrogens with zero attached hydrogens (tertiary/aromatic N) is 2. The Morgan fingerprint density at radius 1 is 1.12 bits per heavy atom. The molecule has 0 radical (unpaired) electrons. The molecule has 0 saturated carbocycles. The van der Waals surface area contributed by atoms with Crippen molar-refractivity contribution in [1.29, 1.82) is 0 Å². The normalized spacial score (nSPS) is 24.2. The second kappa shape index (κ2) is 7.68. The van der Waals surface area contributed by atoms with E-state index in [0.717, 1.165) is 50.2 Å². The van der Waals surface area contributed by atoms with Crippen LogP contribution in [0.15, 0.2) is 23.1 Å². The van der Waals surface area contributed by atoms with Crippen LogP contribution < -0.4 is 0 Å². The van der Waals surface area contributed by atoms with E-state index in [1.807, 2.05) is 0 Å². The number of sulfonamides is 1. The average molecular weight is 376 g/mol. The van der Waals surface area contributed by atoms with Crippen molar-refractivity contribution < 1.29 is 17.2 Å². The zero-order chi connectivity index (χ0) is 17.2. The minimum Gasteiger partial charge on any atom is -0.302 e. The SMILES string of the molecule is O=S(=O)(c1ccc(F)cc1F)N1CCCSCC1CN1CCCC1. The summed E-state index contributed by atoms with van der Waals surface area (Å²) in [5, 5.41) is 0. The van der Waals surface area contributed by atoms with Gasteiger partial charge in [-0.15, -0.1) is 0 Å². The minimum atomic E-state index is -3.97. The summed E-state index contributed by atoms with van der Waals surface area (Å²) in [5.41, 5.74) is 0. The van der Waals surface area contributed by atoms with Crippen molar-refractivity contribution in [1.82, 2.24) is 9.21 Å². The van der Waals surface area contributed by atoms with Gasteiger partial charge in [0.05, 0.1) is 0 Å². The van der Waals surface area contributed by atoms with Crippen molar-refractivity contribution in [2.75, 3.05) is 37.7 Å². The lowest BCUT2D eigenvalue weighted by Gasteiger charge is -2.31. The fourth-order valence-electron chi connectivity index (χ4n) is 3.34. The highest BCUT2D eigenvalue weighted by molar-refractivity contribution is 7.99. The first-order valence-corrected chi connectivity index (χ1v) is 10.8. The highest BCUT2D eigenvalue weighted by Crippen LogP contribution is 2.27. The monoisotopic (exact) mass is 376 g/mol. The lowest BCUT2D eigenvalue weighted by atomic mass is 10.3. The third kappa shape index (κ3) is 3.92. The number of rotatable bonds is 4. The third-order valence-electron chi connectivity index (χ3n) is 4.53. The third-order valence-corrected chi connectivity index (χ3v) is 7.72. The summed E-state index contributed by atoms with van der Waals surface area (Å²) >= 11 is 1.74. The Morgan fingerprint density at radius 2 is 1.88 bits per heavy atom. The van der Waals surface area contributed by atoms with Crippen LogP contribution in [0.25, 0.3) is 0 Å². The smallest absolute Gasteiger partial charge is 0.246 e. The second-order valence-corrected chi connectivity index (χ2v) is 9.29. The van der Waals surface area contributed by atoms with Gasteiger partial charge in [-0.2, -0.15) is 16.1 Å². The van der Waals surface area contributed by atoms with E-state index < -0.39 is 26.6 Å². The summed E-state index contributed by atoms with van der Waals surface area (Å²) in [6.45, 7) is 3.03. The average Bonchev–Trinajstić information content (AvgIpc) is 2.91. The topological polar surface area (TPSA) is 40.6 Å². The fraction of sp³-hybridized carbons (Fsp3) is 0.625. The zero-order valence-corrected chi connectivity index (χ0v) is 15.1. The molecule has 2 aliphatic rings. The molecule has 0 amide bonds. The van der Waals surface area contributed by atoms with Crippen molar-refractivity contribution in [3.05, 3.63) is 29.8 Å². The van der Waals surface area contributed by atoms with Crippen LogP contribution in [0, 0.1) is 11.6 Å². The number of likely N-dealkylation sites (tertiary alicyclic amines) is 1. The summed E-state index contributed by atoms with van der Waals surface area (Å²) in [5.74, 6) is -0.189. The molecule has 2 aliphatic heterocycles. The Hall–Kier alpha value is -0.700. The van der Waals surface area contributed by atoms with Gasteiger partial charge in [0, 0.05) is 31.0 Å². The van der Waals surface area contributed by atoms with Gasteiger partial charge in [-0.3, -0.25) is 0 Å². The fourth-order valence-corrected chi connectivity index (χ4v) is 6.19. The number of halogens is 2. The first-order chi connectivity index (χ1) is 11.5. The predicted molar refractivity (Wildman–Crippen MR) is 91.7 cm³/mol. The van der Waals surface area contributed by atoms with Crippen molar-refractivity contribution in [3.8, 4) is 0 Å². The molecule has 1 aromatic carbocycles. The largest absolute Gasteiger partial charge is 0.302 e. The molecule has 0 spiro atoms. The Morgan fingerprint density at radius 3 is 2.58 bits per heavy atom. The Labute approximate surface area is 146 Å². The van der Waals surface area contributed by atoms with Gasteiger partial charge in [-0.05, 0) is 50.2 Å². The Bertz CT molecular complexity index is 679. The Balaban J connectivity index is 1.88. The van der Waals surface area contributed by atoms with E-state index in [2.05, 4.69) is 4.90 Å². The van der Waals surface area contributed by atoms with Crippen molar-refractivity contribution in [3.63, 3.8) is 0 Å². The molecule has 4 nitrogen and oxygen atoms in total. The Kier molecular flexibility index (Phi) is 5.79. The van der Waals surface area contributed by atoms with Crippen LogP contribution in [-0.4, -0.2) is 61.3 Å². The lowest BCUT2D eigenvalue weighted by molar-refractivity contribution is 0.243. The van der Waals surface area contributed by atoms with Gasteiger partial charge >= 0.3 is 0 Å². The summed E-state index contributed by atoms with van der Waals surface area (Å²) < 4.78 is 54.6. The van der Waals surface area contributed by atoms with Gasteiger partial charge in [0.2, 0.25) is 10.0 Å². The molecule has 0 bridgehead atoms. The van der Waals surface area contributed by atoms with Gasteiger partial charge in [-0.1, -0.05) is 0 Å². The van der Waals surface area contributed by atoms with Crippen molar-refractivity contribution >= 4 is 21.8 Å². The minimum absolute atomic E-state index is 0.176. The van der Waals surface area contributed by atoms with E-state index in [-0.39, 0.29) is 6.04 Å². The van der Waals surface area contributed by atoms with Gasteiger partial charge in [0.25, 0.3) is 0 Å². The van der Waals surface area contributed by atoms with Crippen LogP contribution in [0.2, 0.25) is 0 Å². The lowest BCUT2D eigenvalue weighted by Crippen LogP contribution is -2.47. The molecule has 1 unspecified atom stereocenters. The standard InChI is InChI=1S/C16H22F2N2O2S2/c17-13-4-5-16(15(18)10-13)24(21,22)20-8-3-9-23-12-14(20)11-19-6-1-2-7-19/h4-5,10,14H,1-3,6-9,11-12H2. The van der Waals surface area contributed by atoms with E-state index >= 15 is 0 Å². The molecule has 24 heavy (non-hydrogen) atoms. The van der Waals surface area contributed by atoms with Crippen molar-refractivity contribution in [2.45, 2.75) is 30.2 Å². The molecule has 0 aliphatic carbocycles. The number of thioether (sulfide) groups is 1. The maximum Gasteiger partial charge on any atom is 0.246 e. The van der Waals surface area contributed by atoms with Crippen LogP contribution in [0.4, 0.5) is 8.78 Å². The van der Waals surface area contributed by atoms with Crippen molar-refractivity contribution in [2.24, 2.45) is 0 Å². The number of hydrogen-bond donors (Lipinski definition) is 0. The molecular weight excluding hydrogens is 354 g/mol. The van der Waals surface area contributed by atoms with E-state index in [9.17, 15) is 17.2 Å². The summed E-state index contributed by atoms with van der Waals surface area (Å²) in [6, 6.07) is 2.49. The molecule has 8 heteroatoms. The number of hydrogen-bond acceptors (Lipinski definition) is 4. The van der Waals surface area contributed by atoms with Gasteiger partial charge in [0.15, 0.2) is 0 Å². The van der Waals surface area contributed by atoms with Gasteiger partial charge in [-0.25, -0.2) is 17.2 Å². The maximum atomic E-state index is 14.1. The van der Waals surface area contributed by atoms with Crippen LogP contribution >= 0.6 is 11.8 Å². The molecule has 1 aromatic rings.